The van der Waals surface area contributed by atoms with Gasteiger partial charge in [0.25, 0.3) is 0 Å². The Morgan fingerprint density at radius 1 is 1.44 bits per heavy atom. The Balaban J connectivity index is 2.36. The molecule has 0 aromatic heterocycles. The third kappa shape index (κ3) is 2.50. The van der Waals surface area contributed by atoms with Crippen molar-refractivity contribution in [2.45, 2.75) is 45.1 Å². The highest BCUT2D eigenvalue weighted by Gasteiger charge is 2.29. The Morgan fingerprint density at radius 2 is 2.22 bits per heavy atom. The van der Waals surface area contributed by atoms with Gasteiger partial charge in [-0.15, -0.1) is 0 Å². The second-order valence-corrected chi connectivity index (χ2v) is 5.30. The van der Waals surface area contributed by atoms with Gasteiger partial charge in [-0.3, -0.25) is 0 Å². The highest BCUT2D eigenvalue weighted by molar-refractivity contribution is 5.54. The minimum atomic E-state index is -0.109. The lowest BCUT2D eigenvalue weighted by Crippen LogP contribution is -2.32. The fourth-order valence-corrected chi connectivity index (χ4v) is 2.43. The van der Waals surface area contributed by atoms with Crippen LogP contribution >= 0.6 is 0 Å². The number of methoxy groups -OCH3 is 1. The standard InChI is InChI=1S/C15H20O3/c1-15(2)9-8-12-13(18-15)7-6-11(5-4-10-16)14(12)17-3/h6-7,10H,4-5,8-9H2,1-3H3. The number of fused-ring (bicyclic) bond motifs is 1. The van der Waals surface area contributed by atoms with E-state index in [9.17, 15) is 4.79 Å². The quantitative estimate of drug-likeness (QED) is 0.768. The van der Waals surface area contributed by atoms with Crippen LogP contribution in [0, 0.1) is 0 Å². The third-order valence-electron chi connectivity index (χ3n) is 3.40. The summed E-state index contributed by atoms with van der Waals surface area (Å²) >= 11 is 0. The minimum Gasteiger partial charge on any atom is -0.496 e. The summed E-state index contributed by atoms with van der Waals surface area (Å²) in [6, 6.07) is 4.00. The van der Waals surface area contributed by atoms with Gasteiger partial charge >= 0.3 is 0 Å². The van der Waals surface area contributed by atoms with Gasteiger partial charge in [0.05, 0.1) is 7.11 Å². The molecule has 0 unspecified atom stereocenters. The van der Waals surface area contributed by atoms with Gasteiger partial charge in [0.2, 0.25) is 0 Å². The number of carbonyl (C=O) groups excluding carboxylic acids is 1. The first kappa shape index (κ1) is 12.9. The summed E-state index contributed by atoms with van der Waals surface area (Å²) < 4.78 is 11.5. The maximum Gasteiger partial charge on any atom is 0.128 e. The van der Waals surface area contributed by atoms with Crippen molar-refractivity contribution in [1.82, 2.24) is 0 Å². The zero-order chi connectivity index (χ0) is 13.2. The van der Waals surface area contributed by atoms with E-state index in [0.29, 0.717) is 6.42 Å². The van der Waals surface area contributed by atoms with E-state index in [1.54, 1.807) is 7.11 Å². The van der Waals surface area contributed by atoms with Crippen molar-refractivity contribution in [3.8, 4) is 11.5 Å². The normalized spacial score (nSPS) is 16.6. The van der Waals surface area contributed by atoms with E-state index in [2.05, 4.69) is 13.8 Å². The molecule has 0 radical (unpaired) electrons. The van der Waals surface area contributed by atoms with Gasteiger partial charge in [-0.25, -0.2) is 0 Å². The fraction of sp³-hybridized carbons (Fsp3) is 0.533. The molecular weight excluding hydrogens is 228 g/mol. The molecule has 0 saturated carbocycles. The smallest absolute Gasteiger partial charge is 0.128 e. The Kier molecular flexibility index (Phi) is 3.60. The lowest BCUT2D eigenvalue weighted by atomic mass is 9.92. The van der Waals surface area contributed by atoms with Crippen LogP contribution < -0.4 is 9.47 Å². The summed E-state index contributed by atoms with van der Waals surface area (Å²) in [4.78, 5) is 10.5. The molecule has 1 aliphatic heterocycles. The third-order valence-corrected chi connectivity index (χ3v) is 3.40. The summed E-state index contributed by atoms with van der Waals surface area (Å²) in [6.07, 6.45) is 4.14. The van der Waals surface area contributed by atoms with Crippen molar-refractivity contribution in [3.63, 3.8) is 0 Å². The Bertz CT molecular complexity index is 449. The van der Waals surface area contributed by atoms with Gasteiger partial charge in [0, 0.05) is 12.0 Å². The second-order valence-electron chi connectivity index (χ2n) is 5.30. The number of benzene rings is 1. The average Bonchev–Trinajstić information content (AvgIpc) is 2.34. The zero-order valence-electron chi connectivity index (χ0n) is 11.3. The van der Waals surface area contributed by atoms with E-state index >= 15 is 0 Å². The van der Waals surface area contributed by atoms with Crippen molar-refractivity contribution in [1.29, 1.82) is 0 Å². The van der Waals surface area contributed by atoms with Gasteiger partial charge < -0.3 is 14.3 Å². The molecule has 1 aliphatic rings. The summed E-state index contributed by atoms with van der Waals surface area (Å²) in [5.41, 5.74) is 2.12. The minimum absolute atomic E-state index is 0.109. The Hall–Kier alpha value is -1.51. The van der Waals surface area contributed by atoms with Crippen LogP contribution in [0.4, 0.5) is 0 Å². The first-order valence-electron chi connectivity index (χ1n) is 6.39. The van der Waals surface area contributed by atoms with Crippen LogP contribution in [0.5, 0.6) is 11.5 Å². The van der Waals surface area contributed by atoms with Crippen LogP contribution in [-0.2, 0) is 17.6 Å². The van der Waals surface area contributed by atoms with Crippen LogP contribution in [-0.4, -0.2) is 19.0 Å². The lowest BCUT2D eigenvalue weighted by molar-refractivity contribution is -0.107. The number of aryl methyl sites for hydroxylation is 1. The van der Waals surface area contributed by atoms with Gasteiger partial charge in [-0.05, 0) is 44.7 Å². The molecule has 0 N–H and O–H groups in total. The number of hydrogen-bond donors (Lipinski definition) is 0. The molecule has 0 atom stereocenters. The molecule has 0 spiro atoms. The molecule has 0 amide bonds. The molecule has 3 heteroatoms. The van der Waals surface area contributed by atoms with Crippen molar-refractivity contribution in [2.75, 3.05) is 7.11 Å². The summed E-state index contributed by atoms with van der Waals surface area (Å²) in [6.45, 7) is 4.20. The molecule has 0 bridgehead atoms. The molecule has 98 valence electrons. The number of hydrogen-bond acceptors (Lipinski definition) is 3. The van der Waals surface area contributed by atoms with Crippen LogP contribution in [0.1, 0.15) is 37.8 Å². The highest BCUT2D eigenvalue weighted by atomic mass is 16.5. The first-order chi connectivity index (χ1) is 8.57. The SMILES string of the molecule is COc1c(CCC=O)ccc2c1CCC(C)(C)O2. The second kappa shape index (κ2) is 5.01. The van der Waals surface area contributed by atoms with Gasteiger partial charge in [-0.2, -0.15) is 0 Å². The number of ether oxygens (including phenoxy) is 2. The van der Waals surface area contributed by atoms with Gasteiger partial charge in [0.15, 0.2) is 0 Å². The van der Waals surface area contributed by atoms with E-state index in [4.69, 9.17) is 9.47 Å². The Morgan fingerprint density at radius 3 is 2.89 bits per heavy atom. The van der Waals surface area contributed by atoms with Crippen molar-refractivity contribution in [3.05, 3.63) is 23.3 Å². The van der Waals surface area contributed by atoms with E-state index in [0.717, 1.165) is 48.2 Å². The number of rotatable bonds is 4. The summed E-state index contributed by atoms with van der Waals surface area (Å²) in [5, 5.41) is 0. The number of aldehydes is 1. The maximum atomic E-state index is 10.5. The maximum absolute atomic E-state index is 10.5. The molecule has 3 nitrogen and oxygen atoms in total. The molecule has 0 saturated heterocycles. The summed E-state index contributed by atoms with van der Waals surface area (Å²) in [5.74, 6) is 1.81. The predicted octanol–water partition coefficient (Wildman–Crippen LogP) is 2.93. The van der Waals surface area contributed by atoms with Crippen molar-refractivity contribution < 1.29 is 14.3 Å². The zero-order valence-corrected chi connectivity index (χ0v) is 11.3. The average molecular weight is 248 g/mol. The predicted molar refractivity (Wildman–Crippen MR) is 70.4 cm³/mol. The topological polar surface area (TPSA) is 35.5 Å². The van der Waals surface area contributed by atoms with Crippen LogP contribution in [0.2, 0.25) is 0 Å². The van der Waals surface area contributed by atoms with Gasteiger partial charge in [0.1, 0.15) is 23.4 Å². The highest BCUT2D eigenvalue weighted by Crippen LogP contribution is 2.40. The Labute approximate surface area is 108 Å². The molecule has 1 aromatic rings. The fourth-order valence-electron chi connectivity index (χ4n) is 2.43. The largest absolute Gasteiger partial charge is 0.496 e. The van der Waals surface area contributed by atoms with E-state index in [1.165, 1.54) is 0 Å². The van der Waals surface area contributed by atoms with Crippen molar-refractivity contribution in [2.24, 2.45) is 0 Å². The van der Waals surface area contributed by atoms with E-state index < -0.39 is 0 Å². The lowest BCUT2D eigenvalue weighted by Gasteiger charge is -2.33. The van der Waals surface area contributed by atoms with Crippen LogP contribution in [0.15, 0.2) is 12.1 Å². The molecule has 1 heterocycles. The molecule has 2 rings (SSSR count). The van der Waals surface area contributed by atoms with Crippen molar-refractivity contribution >= 4 is 6.29 Å². The van der Waals surface area contributed by atoms with E-state index in [-0.39, 0.29) is 5.60 Å². The molecular formula is C15H20O3. The first-order valence-corrected chi connectivity index (χ1v) is 6.39. The number of carbonyl (C=O) groups is 1. The van der Waals surface area contributed by atoms with Gasteiger partial charge in [-0.1, -0.05) is 6.07 Å². The monoisotopic (exact) mass is 248 g/mol. The molecule has 18 heavy (non-hydrogen) atoms. The molecule has 1 aromatic carbocycles. The van der Waals surface area contributed by atoms with Crippen LogP contribution in [0.25, 0.3) is 0 Å². The summed E-state index contributed by atoms with van der Waals surface area (Å²) in [7, 11) is 1.68. The van der Waals surface area contributed by atoms with Crippen LogP contribution in [0.3, 0.4) is 0 Å². The van der Waals surface area contributed by atoms with E-state index in [1.807, 2.05) is 12.1 Å². The molecule has 0 fully saturated rings. The molecule has 0 aliphatic carbocycles.